The van der Waals surface area contributed by atoms with Gasteiger partial charge in [-0.05, 0) is 36.6 Å². The van der Waals surface area contributed by atoms with Crippen molar-refractivity contribution in [1.29, 1.82) is 0 Å². The Labute approximate surface area is 193 Å². The summed E-state index contributed by atoms with van der Waals surface area (Å²) in [7, 11) is 0. The number of hydrogen-bond acceptors (Lipinski definition) is 6. The van der Waals surface area contributed by atoms with Gasteiger partial charge < -0.3 is 26.8 Å². The van der Waals surface area contributed by atoms with E-state index in [1.807, 2.05) is 45.2 Å². The maximum atomic E-state index is 12.9. The highest BCUT2D eigenvalue weighted by Gasteiger charge is 2.31. The summed E-state index contributed by atoms with van der Waals surface area (Å²) in [4.78, 5) is 50.3. The zero-order valence-corrected chi connectivity index (χ0v) is 20.2. The van der Waals surface area contributed by atoms with Crippen molar-refractivity contribution in [2.24, 2.45) is 17.6 Å². The average molecular weight is 469 g/mol. The monoisotopic (exact) mass is 468 g/mol. The summed E-state index contributed by atoms with van der Waals surface area (Å²) in [6.07, 6.45) is 1.26. The Hall–Kier alpha value is -2.46. The summed E-state index contributed by atoms with van der Waals surface area (Å²) in [5, 5.41) is 19.0. The van der Waals surface area contributed by atoms with E-state index >= 15 is 0 Å². The SMILES string of the molecule is CC[C@H](C)[C@H](NC(=O)[C@@H](N)Cc1cccs1)C(=O)N[C@@H](C)C(=O)N[C@@H](CC(C)C)C(=O)O. The largest absolute Gasteiger partial charge is 0.480 e. The number of carbonyl (C=O) groups excluding carboxylic acids is 3. The second-order valence-corrected chi connectivity index (χ2v) is 9.55. The van der Waals surface area contributed by atoms with Gasteiger partial charge in [0.1, 0.15) is 18.1 Å². The van der Waals surface area contributed by atoms with Crippen molar-refractivity contribution >= 4 is 35.0 Å². The van der Waals surface area contributed by atoms with Gasteiger partial charge in [0.05, 0.1) is 6.04 Å². The number of aliphatic carboxylic acids is 1. The highest BCUT2D eigenvalue weighted by Crippen LogP contribution is 2.12. The van der Waals surface area contributed by atoms with Gasteiger partial charge in [-0.1, -0.05) is 40.2 Å². The summed E-state index contributed by atoms with van der Waals surface area (Å²) in [5.74, 6) is -2.82. The first-order valence-corrected chi connectivity index (χ1v) is 11.8. The molecule has 6 N–H and O–H groups in total. The number of carboxylic acid groups (broad SMARTS) is 1. The van der Waals surface area contributed by atoms with E-state index in [0.29, 0.717) is 12.8 Å². The number of rotatable bonds is 13. The highest BCUT2D eigenvalue weighted by atomic mass is 32.1. The molecule has 1 heterocycles. The van der Waals surface area contributed by atoms with E-state index < -0.39 is 47.9 Å². The predicted molar refractivity (Wildman–Crippen MR) is 124 cm³/mol. The van der Waals surface area contributed by atoms with Gasteiger partial charge in [-0.25, -0.2) is 4.79 Å². The fraction of sp³-hybridized carbons (Fsp3) is 0.636. The van der Waals surface area contributed by atoms with Crippen LogP contribution in [0.1, 0.15) is 52.3 Å². The maximum absolute atomic E-state index is 12.9. The van der Waals surface area contributed by atoms with Crippen LogP contribution in [0.5, 0.6) is 0 Å². The third-order valence-electron chi connectivity index (χ3n) is 5.20. The van der Waals surface area contributed by atoms with E-state index in [2.05, 4.69) is 16.0 Å². The lowest BCUT2D eigenvalue weighted by molar-refractivity contribution is -0.142. The molecular weight excluding hydrogens is 432 g/mol. The first kappa shape index (κ1) is 27.6. The van der Waals surface area contributed by atoms with Crippen LogP contribution in [0.25, 0.3) is 0 Å². The van der Waals surface area contributed by atoms with E-state index in [9.17, 15) is 24.3 Å². The molecule has 1 aromatic heterocycles. The Morgan fingerprint density at radius 1 is 1.03 bits per heavy atom. The molecule has 5 atom stereocenters. The molecule has 0 saturated heterocycles. The molecule has 0 aromatic carbocycles. The maximum Gasteiger partial charge on any atom is 0.326 e. The van der Waals surface area contributed by atoms with Crippen molar-refractivity contribution in [2.75, 3.05) is 0 Å². The van der Waals surface area contributed by atoms with Crippen LogP contribution in [-0.4, -0.2) is 53.0 Å². The van der Waals surface area contributed by atoms with Crippen LogP contribution in [0.4, 0.5) is 0 Å². The number of carboxylic acids is 1. The molecule has 0 aliphatic carbocycles. The number of amides is 3. The van der Waals surface area contributed by atoms with Gasteiger partial charge >= 0.3 is 5.97 Å². The van der Waals surface area contributed by atoms with Crippen LogP contribution in [0, 0.1) is 11.8 Å². The van der Waals surface area contributed by atoms with Crippen molar-refractivity contribution in [2.45, 2.75) is 78.0 Å². The molecule has 32 heavy (non-hydrogen) atoms. The lowest BCUT2D eigenvalue weighted by Crippen LogP contribution is -2.58. The third kappa shape index (κ3) is 8.96. The molecule has 0 radical (unpaired) electrons. The van der Waals surface area contributed by atoms with Crippen LogP contribution in [-0.2, 0) is 25.6 Å². The Morgan fingerprint density at radius 2 is 1.69 bits per heavy atom. The Bertz CT molecular complexity index is 768. The number of nitrogens with one attached hydrogen (secondary N) is 3. The van der Waals surface area contributed by atoms with Gasteiger partial charge in [-0.2, -0.15) is 0 Å². The fourth-order valence-corrected chi connectivity index (χ4v) is 3.82. The quantitative estimate of drug-likeness (QED) is 0.294. The van der Waals surface area contributed by atoms with Crippen molar-refractivity contribution in [3.63, 3.8) is 0 Å². The normalized spacial score (nSPS) is 15.8. The molecule has 0 unspecified atom stereocenters. The van der Waals surface area contributed by atoms with E-state index in [1.54, 1.807) is 0 Å². The average Bonchev–Trinajstić information content (AvgIpc) is 3.22. The van der Waals surface area contributed by atoms with Crippen LogP contribution in [0.15, 0.2) is 17.5 Å². The Morgan fingerprint density at radius 3 is 2.19 bits per heavy atom. The van der Waals surface area contributed by atoms with E-state index in [1.165, 1.54) is 18.3 Å². The smallest absolute Gasteiger partial charge is 0.326 e. The Kier molecular flexibility index (Phi) is 11.3. The summed E-state index contributed by atoms with van der Waals surface area (Å²) >= 11 is 1.50. The second kappa shape index (κ2) is 13.2. The van der Waals surface area contributed by atoms with E-state index in [0.717, 1.165) is 4.88 Å². The molecular formula is C22H36N4O5S. The van der Waals surface area contributed by atoms with Gasteiger partial charge in [0, 0.05) is 11.3 Å². The molecule has 0 saturated carbocycles. The molecule has 0 spiro atoms. The predicted octanol–water partition coefficient (Wildman–Crippen LogP) is 1.27. The Balaban J connectivity index is 2.76. The molecule has 1 aromatic rings. The first-order chi connectivity index (χ1) is 15.0. The van der Waals surface area contributed by atoms with Crippen molar-refractivity contribution in [3.8, 4) is 0 Å². The summed E-state index contributed by atoms with van der Waals surface area (Å²) in [5.41, 5.74) is 6.01. The summed E-state index contributed by atoms with van der Waals surface area (Å²) in [6.45, 7) is 8.90. The van der Waals surface area contributed by atoms with Crippen LogP contribution in [0.3, 0.4) is 0 Å². The minimum Gasteiger partial charge on any atom is -0.480 e. The van der Waals surface area contributed by atoms with E-state index in [4.69, 9.17) is 5.73 Å². The zero-order chi connectivity index (χ0) is 24.4. The molecule has 10 heteroatoms. The van der Waals surface area contributed by atoms with Gasteiger partial charge in [0.2, 0.25) is 17.7 Å². The molecule has 0 fully saturated rings. The molecule has 180 valence electrons. The number of hydrogen-bond donors (Lipinski definition) is 5. The lowest BCUT2D eigenvalue weighted by Gasteiger charge is -2.27. The topological polar surface area (TPSA) is 151 Å². The van der Waals surface area contributed by atoms with Crippen molar-refractivity contribution in [3.05, 3.63) is 22.4 Å². The molecule has 3 amide bonds. The minimum absolute atomic E-state index is 0.0738. The molecule has 0 aliphatic rings. The van der Waals surface area contributed by atoms with Crippen LogP contribution >= 0.6 is 11.3 Å². The van der Waals surface area contributed by atoms with Crippen molar-refractivity contribution < 1.29 is 24.3 Å². The van der Waals surface area contributed by atoms with Gasteiger partial charge in [-0.3, -0.25) is 14.4 Å². The van der Waals surface area contributed by atoms with Gasteiger partial charge in [0.15, 0.2) is 0 Å². The number of nitrogens with two attached hydrogens (primary N) is 1. The summed E-state index contributed by atoms with van der Waals surface area (Å²) < 4.78 is 0. The van der Waals surface area contributed by atoms with E-state index in [-0.39, 0.29) is 18.3 Å². The molecule has 0 bridgehead atoms. The van der Waals surface area contributed by atoms with Gasteiger partial charge in [-0.15, -0.1) is 11.3 Å². The van der Waals surface area contributed by atoms with Crippen LogP contribution in [0.2, 0.25) is 0 Å². The molecule has 9 nitrogen and oxygen atoms in total. The highest BCUT2D eigenvalue weighted by molar-refractivity contribution is 7.09. The minimum atomic E-state index is -1.13. The first-order valence-electron chi connectivity index (χ1n) is 10.9. The number of carbonyl (C=O) groups is 4. The number of thiophene rings is 1. The summed E-state index contributed by atoms with van der Waals surface area (Å²) in [6, 6.07) is 0.0782. The molecule has 1 rings (SSSR count). The fourth-order valence-electron chi connectivity index (χ4n) is 3.06. The van der Waals surface area contributed by atoms with Gasteiger partial charge in [0.25, 0.3) is 0 Å². The lowest BCUT2D eigenvalue weighted by atomic mass is 9.97. The van der Waals surface area contributed by atoms with Crippen molar-refractivity contribution in [1.82, 2.24) is 16.0 Å². The standard InChI is InChI=1S/C22H36N4O5S/c1-6-13(4)18(26-20(28)16(23)11-15-8-7-9-32-15)21(29)24-14(5)19(27)25-17(22(30)31)10-12(2)3/h7-9,12-14,16-18H,6,10-11,23H2,1-5H3,(H,24,29)(H,25,27)(H,26,28)(H,30,31)/t13-,14-,16-,17-,18-/m0/s1. The third-order valence-corrected chi connectivity index (χ3v) is 6.10. The molecule has 0 aliphatic heterocycles. The van der Waals surface area contributed by atoms with Crippen LogP contribution < -0.4 is 21.7 Å². The second-order valence-electron chi connectivity index (χ2n) is 8.52. The zero-order valence-electron chi connectivity index (χ0n) is 19.4.